The Kier molecular flexibility index (Phi) is 4.01. The van der Waals surface area contributed by atoms with E-state index < -0.39 is 29.4 Å². The second-order valence-corrected chi connectivity index (χ2v) is 5.05. The molecule has 20 heavy (non-hydrogen) atoms. The first-order valence-electron chi connectivity index (χ1n) is 6.39. The number of benzene rings is 1. The fourth-order valence-corrected chi connectivity index (χ4v) is 1.97. The van der Waals surface area contributed by atoms with Crippen LogP contribution in [-0.4, -0.2) is 34.5 Å². The predicted octanol–water partition coefficient (Wildman–Crippen LogP) is 2.29. The van der Waals surface area contributed by atoms with Crippen LogP contribution in [0.5, 0.6) is 0 Å². The molecule has 1 aliphatic carbocycles. The molecule has 2 rings (SSSR count). The predicted molar refractivity (Wildman–Crippen MR) is 67.2 cm³/mol. The van der Waals surface area contributed by atoms with Crippen LogP contribution >= 0.6 is 0 Å². The number of carboxylic acid groups (broad SMARTS) is 1. The molecule has 1 amide bonds. The smallest absolute Gasteiger partial charge is 0.308 e. The third-order valence-corrected chi connectivity index (χ3v) is 3.30. The van der Waals surface area contributed by atoms with Crippen LogP contribution in [0, 0.1) is 17.6 Å². The van der Waals surface area contributed by atoms with Gasteiger partial charge in [-0.2, -0.15) is 0 Å². The maximum atomic E-state index is 13.6. The van der Waals surface area contributed by atoms with Crippen LogP contribution in [0.4, 0.5) is 8.78 Å². The summed E-state index contributed by atoms with van der Waals surface area (Å²) in [4.78, 5) is 24.5. The number of amides is 1. The zero-order valence-corrected chi connectivity index (χ0v) is 11.0. The van der Waals surface area contributed by atoms with E-state index in [1.807, 2.05) is 0 Å². The minimum atomic E-state index is -1.02. The van der Waals surface area contributed by atoms with Gasteiger partial charge in [-0.3, -0.25) is 9.59 Å². The van der Waals surface area contributed by atoms with Gasteiger partial charge in [0.15, 0.2) is 0 Å². The van der Waals surface area contributed by atoms with Crippen molar-refractivity contribution in [3.63, 3.8) is 0 Å². The van der Waals surface area contributed by atoms with Crippen molar-refractivity contribution in [3.05, 3.63) is 35.4 Å². The van der Waals surface area contributed by atoms with E-state index in [4.69, 9.17) is 5.11 Å². The molecule has 1 saturated carbocycles. The van der Waals surface area contributed by atoms with E-state index in [9.17, 15) is 18.4 Å². The van der Waals surface area contributed by atoms with Gasteiger partial charge in [0.05, 0.1) is 11.5 Å². The molecule has 0 heterocycles. The molecule has 1 aliphatic rings. The van der Waals surface area contributed by atoms with E-state index in [0.29, 0.717) is 0 Å². The van der Waals surface area contributed by atoms with Gasteiger partial charge < -0.3 is 10.0 Å². The summed E-state index contributed by atoms with van der Waals surface area (Å²) in [6.45, 7) is 1.47. The minimum Gasteiger partial charge on any atom is -0.481 e. The molecule has 1 aromatic carbocycles. The summed E-state index contributed by atoms with van der Waals surface area (Å²) >= 11 is 0. The summed E-state index contributed by atoms with van der Waals surface area (Å²) < 4.78 is 26.8. The molecule has 108 valence electrons. The van der Waals surface area contributed by atoms with E-state index >= 15 is 0 Å². The second kappa shape index (κ2) is 5.56. The zero-order valence-electron chi connectivity index (χ0n) is 11.0. The minimum absolute atomic E-state index is 0.00517. The van der Waals surface area contributed by atoms with Crippen molar-refractivity contribution in [2.75, 3.05) is 6.54 Å². The molecule has 0 aromatic heterocycles. The molecule has 0 aliphatic heterocycles. The fraction of sp³-hybridized carbons (Fsp3) is 0.429. The number of carbonyl (C=O) groups excluding carboxylic acids is 1. The van der Waals surface area contributed by atoms with Gasteiger partial charge in [-0.15, -0.1) is 0 Å². The number of aliphatic carboxylic acids is 1. The topological polar surface area (TPSA) is 57.6 Å². The Labute approximate surface area is 115 Å². The lowest BCUT2D eigenvalue weighted by molar-refractivity contribution is -0.141. The Morgan fingerprint density at radius 1 is 1.40 bits per heavy atom. The van der Waals surface area contributed by atoms with Gasteiger partial charge in [0.2, 0.25) is 0 Å². The maximum absolute atomic E-state index is 13.6. The number of carbonyl (C=O) groups is 2. The molecular weight excluding hydrogens is 268 g/mol. The first-order chi connectivity index (χ1) is 9.40. The van der Waals surface area contributed by atoms with E-state index in [1.165, 1.54) is 11.8 Å². The van der Waals surface area contributed by atoms with E-state index in [-0.39, 0.29) is 18.2 Å². The average Bonchev–Trinajstić information content (AvgIpc) is 3.22. The number of carboxylic acids is 1. The Balaban J connectivity index is 2.23. The van der Waals surface area contributed by atoms with Crippen LogP contribution in [0.1, 0.15) is 30.1 Å². The first-order valence-corrected chi connectivity index (χ1v) is 6.39. The van der Waals surface area contributed by atoms with Crippen LogP contribution in [0.25, 0.3) is 0 Å². The van der Waals surface area contributed by atoms with Gasteiger partial charge in [0.25, 0.3) is 5.91 Å². The molecule has 0 bridgehead atoms. The van der Waals surface area contributed by atoms with Crippen molar-refractivity contribution in [1.82, 2.24) is 4.90 Å². The highest BCUT2D eigenvalue weighted by atomic mass is 19.1. The van der Waals surface area contributed by atoms with Gasteiger partial charge in [0, 0.05) is 12.6 Å². The summed E-state index contributed by atoms with van der Waals surface area (Å²) in [6.07, 6.45) is 1.52. The van der Waals surface area contributed by atoms with E-state index in [0.717, 1.165) is 31.0 Å². The highest BCUT2D eigenvalue weighted by molar-refractivity contribution is 5.95. The lowest BCUT2D eigenvalue weighted by Gasteiger charge is -2.24. The molecule has 1 aromatic rings. The Bertz CT molecular complexity index is 543. The first kappa shape index (κ1) is 14.4. The van der Waals surface area contributed by atoms with Gasteiger partial charge in [-0.25, -0.2) is 8.78 Å². The Hall–Kier alpha value is -1.98. The number of halogens is 2. The van der Waals surface area contributed by atoms with Crippen LogP contribution in [-0.2, 0) is 4.79 Å². The second-order valence-electron chi connectivity index (χ2n) is 5.05. The molecule has 4 nitrogen and oxygen atoms in total. The van der Waals surface area contributed by atoms with E-state index in [1.54, 1.807) is 0 Å². The van der Waals surface area contributed by atoms with Crippen molar-refractivity contribution in [3.8, 4) is 0 Å². The summed E-state index contributed by atoms with van der Waals surface area (Å²) in [6, 6.07) is 2.60. The van der Waals surface area contributed by atoms with E-state index in [2.05, 4.69) is 0 Å². The standard InChI is InChI=1S/C14H15F2NO3/c1-8(14(19)20)7-17(10-3-4-10)13(18)11-6-9(15)2-5-12(11)16/h2,5-6,8,10H,3-4,7H2,1H3,(H,19,20)/t8-/m0/s1. The molecule has 6 heteroatoms. The third kappa shape index (κ3) is 3.12. The number of rotatable bonds is 5. The number of nitrogens with zero attached hydrogens (tertiary/aromatic N) is 1. The highest BCUT2D eigenvalue weighted by Gasteiger charge is 2.35. The molecule has 0 saturated heterocycles. The van der Waals surface area contributed by atoms with Gasteiger partial charge >= 0.3 is 5.97 Å². The van der Waals surface area contributed by atoms with Gasteiger partial charge in [0.1, 0.15) is 11.6 Å². The summed E-state index contributed by atoms with van der Waals surface area (Å²) in [5.41, 5.74) is -0.352. The molecule has 1 fully saturated rings. The molecule has 0 unspecified atom stereocenters. The largest absolute Gasteiger partial charge is 0.481 e. The normalized spacial score (nSPS) is 15.8. The van der Waals surface area contributed by atoms with Crippen molar-refractivity contribution in [1.29, 1.82) is 0 Å². The third-order valence-electron chi connectivity index (χ3n) is 3.30. The van der Waals surface area contributed by atoms with Crippen LogP contribution in [0.3, 0.4) is 0 Å². The Morgan fingerprint density at radius 3 is 2.60 bits per heavy atom. The Morgan fingerprint density at radius 2 is 2.05 bits per heavy atom. The quantitative estimate of drug-likeness (QED) is 0.902. The van der Waals surface area contributed by atoms with Crippen molar-refractivity contribution in [2.24, 2.45) is 5.92 Å². The lowest BCUT2D eigenvalue weighted by atomic mass is 10.1. The lowest BCUT2D eigenvalue weighted by Crippen LogP contribution is -2.39. The molecule has 1 atom stereocenters. The number of hydrogen-bond donors (Lipinski definition) is 1. The zero-order chi connectivity index (χ0) is 14.9. The molecule has 0 spiro atoms. The van der Waals surface area contributed by atoms with Crippen LogP contribution in [0.2, 0.25) is 0 Å². The molecule has 1 N–H and O–H groups in total. The molecular formula is C14H15F2NO3. The number of hydrogen-bond acceptors (Lipinski definition) is 2. The summed E-state index contributed by atoms with van der Waals surface area (Å²) in [7, 11) is 0. The van der Waals surface area contributed by atoms with Gasteiger partial charge in [-0.05, 0) is 31.0 Å². The van der Waals surface area contributed by atoms with Crippen molar-refractivity contribution in [2.45, 2.75) is 25.8 Å². The highest BCUT2D eigenvalue weighted by Crippen LogP contribution is 2.29. The van der Waals surface area contributed by atoms with Crippen LogP contribution < -0.4 is 0 Å². The van der Waals surface area contributed by atoms with Crippen molar-refractivity contribution >= 4 is 11.9 Å². The average molecular weight is 283 g/mol. The van der Waals surface area contributed by atoms with Gasteiger partial charge in [-0.1, -0.05) is 6.92 Å². The van der Waals surface area contributed by atoms with Crippen LogP contribution in [0.15, 0.2) is 18.2 Å². The monoisotopic (exact) mass is 283 g/mol. The van der Waals surface area contributed by atoms with Crippen molar-refractivity contribution < 1.29 is 23.5 Å². The maximum Gasteiger partial charge on any atom is 0.308 e. The fourth-order valence-electron chi connectivity index (χ4n) is 1.97. The SMILES string of the molecule is C[C@@H](CN(C(=O)c1cc(F)ccc1F)C1CC1)C(=O)O. The molecule has 0 radical (unpaired) electrons. The summed E-state index contributed by atoms with van der Waals surface area (Å²) in [5, 5.41) is 8.91. The summed E-state index contributed by atoms with van der Waals surface area (Å²) in [5.74, 6) is -3.93.